The minimum atomic E-state index is -0.156. The van der Waals surface area contributed by atoms with E-state index in [9.17, 15) is 4.39 Å². The lowest BCUT2D eigenvalue weighted by atomic mass is 9.93. The van der Waals surface area contributed by atoms with E-state index in [1.807, 2.05) is 0 Å². The molecule has 0 aromatic heterocycles. The van der Waals surface area contributed by atoms with Gasteiger partial charge in [0.1, 0.15) is 5.82 Å². The van der Waals surface area contributed by atoms with Gasteiger partial charge in [-0.3, -0.25) is 4.90 Å². The molecule has 1 aliphatic rings. The highest BCUT2D eigenvalue weighted by Gasteiger charge is 2.27. The van der Waals surface area contributed by atoms with Crippen LogP contribution in [0.4, 0.5) is 4.39 Å². The summed E-state index contributed by atoms with van der Waals surface area (Å²) in [7, 11) is 0. The highest BCUT2D eigenvalue weighted by Crippen LogP contribution is 2.32. The van der Waals surface area contributed by atoms with E-state index in [-0.39, 0.29) is 11.9 Å². The van der Waals surface area contributed by atoms with E-state index in [2.05, 4.69) is 24.1 Å². The molecule has 1 aromatic carbocycles. The summed E-state index contributed by atoms with van der Waals surface area (Å²) in [6.45, 7) is 8.10. The molecule has 0 spiro atoms. The van der Waals surface area contributed by atoms with Gasteiger partial charge in [0.2, 0.25) is 0 Å². The molecule has 18 heavy (non-hydrogen) atoms. The molecule has 100 valence electrons. The van der Waals surface area contributed by atoms with Crippen molar-refractivity contribution in [2.24, 2.45) is 5.92 Å². The monoisotopic (exact) mass is 270 g/mol. The Morgan fingerprint density at radius 1 is 1.28 bits per heavy atom. The van der Waals surface area contributed by atoms with Gasteiger partial charge >= 0.3 is 0 Å². The van der Waals surface area contributed by atoms with Crippen molar-refractivity contribution in [2.75, 3.05) is 26.2 Å². The van der Waals surface area contributed by atoms with Crippen molar-refractivity contribution in [2.45, 2.75) is 19.9 Å². The number of hydrogen-bond acceptors (Lipinski definition) is 2. The number of benzene rings is 1. The molecule has 1 heterocycles. The quantitative estimate of drug-likeness (QED) is 0.908. The molecule has 1 unspecified atom stereocenters. The molecular weight excluding hydrogens is 251 g/mol. The minimum absolute atomic E-state index is 0.103. The fourth-order valence-electron chi connectivity index (χ4n) is 2.68. The third-order valence-corrected chi connectivity index (χ3v) is 3.69. The summed E-state index contributed by atoms with van der Waals surface area (Å²) in [6, 6.07) is 4.94. The van der Waals surface area contributed by atoms with Crippen molar-refractivity contribution in [3.8, 4) is 0 Å². The van der Waals surface area contributed by atoms with Crippen LogP contribution in [0.15, 0.2) is 18.2 Å². The molecule has 0 aliphatic carbocycles. The molecule has 0 bridgehead atoms. The minimum Gasteiger partial charge on any atom is -0.314 e. The van der Waals surface area contributed by atoms with Crippen molar-refractivity contribution < 1.29 is 4.39 Å². The van der Waals surface area contributed by atoms with Crippen LogP contribution in [0, 0.1) is 11.7 Å². The summed E-state index contributed by atoms with van der Waals surface area (Å²) in [5.41, 5.74) is 0.722. The van der Waals surface area contributed by atoms with Crippen LogP contribution in [-0.2, 0) is 0 Å². The van der Waals surface area contributed by atoms with Crippen LogP contribution in [-0.4, -0.2) is 31.1 Å². The van der Waals surface area contributed by atoms with Crippen LogP contribution in [0.3, 0.4) is 0 Å². The van der Waals surface area contributed by atoms with Crippen LogP contribution >= 0.6 is 11.6 Å². The average Bonchev–Trinajstić information content (AvgIpc) is 2.35. The Balaban J connectivity index is 2.31. The third kappa shape index (κ3) is 3.02. The maximum Gasteiger partial charge on any atom is 0.128 e. The van der Waals surface area contributed by atoms with E-state index in [1.54, 1.807) is 12.1 Å². The van der Waals surface area contributed by atoms with E-state index in [0.29, 0.717) is 10.9 Å². The molecule has 0 radical (unpaired) electrons. The van der Waals surface area contributed by atoms with Crippen molar-refractivity contribution in [3.63, 3.8) is 0 Å². The first kappa shape index (κ1) is 13.8. The normalized spacial score (nSPS) is 19.2. The van der Waals surface area contributed by atoms with Crippen LogP contribution < -0.4 is 5.32 Å². The summed E-state index contributed by atoms with van der Waals surface area (Å²) >= 11 is 6.01. The molecule has 2 rings (SSSR count). The number of nitrogens with zero attached hydrogens (tertiary/aromatic N) is 1. The first-order valence-corrected chi connectivity index (χ1v) is 6.87. The highest BCUT2D eigenvalue weighted by molar-refractivity contribution is 6.30. The summed E-state index contributed by atoms with van der Waals surface area (Å²) < 4.78 is 14.0. The maximum absolute atomic E-state index is 14.0. The number of piperazine rings is 1. The van der Waals surface area contributed by atoms with Gasteiger partial charge in [-0.25, -0.2) is 4.39 Å². The van der Waals surface area contributed by atoms with E-state index in [0.717, 1.165) is 31.7 Å². The van der Waals surface area contributed by atoms with Crippen LogP contribution in [0.2, 0.25) is 5.02 Å². The SMILES string of the molecule is CC(C)C(c1cc(Cl)ccc1F)N1CCNCC1. The standard InChI is InChI=1S/C14H20ClFN2/c1-10(2)14(18-7-5-17-6-8-18)12-9-11(15)3-4-13(12)16/h3-4,9-10,14,17H,5-8H2,1-2H3. The van der Waals surface area contributed by atoms with Gasteiger partial charge in [0.15, 0.2) is 0 Å². The van der Waals surface area contributed by atoms with Gasteiger partial charge in [-0.2, -0.15) is 0 Å². The Morgan fingerprint density at radius 3 is 2.56 bits per heavy atom. The maximum atomic E-state index is 14.0. The van der Waals surface area contributed by atoms with Crippen LogP contribution in [0.1, 0.15) is 25.5 Å². The van der Waals surface area contributed by atoms with Crippen LogP contribution in [0.25, 0.3) is 0 Å². The molecule has 2 nitrogen and oxygen atoms in total. The predicted molar refractivity (Wildman–Crippen MR) is 73.4 cm³/mol. The smallest absolute Gasteiger partial charge is 0.128 e. The fourth-order valence-corrected chi connectivity index (χ4v) is 2.86. The Bertz CT molecular complexity index is 403. The molecule has 1 aromatic rings. The molecule has 4 heteroatoms. The number of halogens is 2. The summed E-state index contributed by atoms with van der Waals surface area (Å²) in [6.07, 6.45) is 0. The Morgan fingerprint density at radius 2 is 1.94 bits per heavy atom. The van der Waals surface area contributed by atoms with Gasteiger partial charge in [0, 0.05) is 42.8 Å². The van der Waals surface area contributed by atoms with Gasteiger partial charge in [0.25, 0.3) is 0 Å². The van der Waals surface area contributed by atoms with E-state index >= 15 is 0 Å². The highest BCUT2D eigenvalue weighted by atomic mass is 35.5. The summed E-state index contributed by atoms with van der Waals surface area (Å²) in [4.78, 5) is 2.34. The van der Waals surface area contributed by atoms with Crippen molar-refractivity contribution in [3.05, 3.63) is 34.6 Å². The van der Waals surface area contributed by atoms with Gasteiger partial charge in [-0.05, 0) is 24.1 Å². The van der Waals surface area contributed by atoms with E-state index in [4.69, 9.17) is 11.6 Å². The second-order valence-electron chi connectivity index (χ2n) is 5.14. The molecule has 1 aliphatic heterocycles. The first-order valence-electron chi connectivity index (χ1n) is 6.49. The number of rotatable bonds is 3. The van der Waals surface area contributed by atoms with Crippen molar-refractivity contribution in [1.82, 2.24) is 10.2 Å². The second kappa shape index (κ2) is 6.00. The Kier molecular flexibility index (Phi) is 4.60. The molecular formula is C14H20ClFN2. The number of hydrogen-bond donors (Lipinski definition) is 1. The largest absolute Gasteiger partial charge is 0.314 e. The fraction of sp³-hybridized carbons (Fsp3) is 0.571. The zero-order valence-corrected chi connectivity index (χ0v) is 11.7. The van der Waals surface area contributed by atoms with Crippen molar-refractivity contribution in [1.29, 1.82) is 0 Å². The molecule has 0 saturated carbocycles. The van der Waals surface area contributed by atoms with Crippen LogP contribution in [0.5, 0.6) is 0 Å². The van der Waals surface area contributed by atoms with Gasteiger partial charge in [-0.15, -0.1) is 0 Å². The van der Waals surface area contributed by atoms with Gasteiger partial charge < -0.3 is 5.32 Å². The average molecular weight is 271 g/mol. The molecule has 1 N–H and O–H groups in total. The topological polar surface area (TPSA) is 15.3 Å². The first-order chi connectivity index (χ1) is 8.59. The van der Waals surface area contributed by atoms with Gasteiger partial charge in [-0.1, -0.05) is 25.4 Å². The lowest BCUT2D eigenvalue weighted by Crippen LogP contribution is -2.46. The molecule has 0 amide bonds. The zero-order valence-electron chi connectivity index (χ0n) is 10.9. The lowest BCUT2D eigenvalue weighted by molar-refractivity contribution is 0.134. The van der Waals surface area contributed by atoms with Crippen molar-refractivity contribution >= 4 is 11.6 Å². The molecule has 1 atom stereocenters. The Labute approximate surface area is 113 Å². The second-order valence-corrected chi connectivity index (χ2v) is 5.58. The van der Waals surface area contributed by atoms with E-state index in [1.165, 1.54) is 6.07 Å². The molecule has 1 fully saturated rings. The molecule has 1 saturated heterocycles. The summed E-state index contributed by atoms with van der Waals surface area (Å²) in [5.74, 6) is 0.202. The van der Waals surface area contributed by atoms with E-state index < -0.39 is 0 Å². The lowest BCUT2D eigenvalue weighted by Gasteiger charge is -2.37. The predicted octanol–water partition coefficient (Wildman–Crippen LogP) is 3.08. The van der Waals surface area contributed by atoms with Gasteiger partial charge in [0.05, 0.1) is 0 Å². The zero-order chi connectivity index (χ0) is 13.1. The number of nitrogens with one attached hydrogen (secondary N) is 1. The summed E-state index contributed by atoms with van der Waals surface area (Å²) in [5, 5.41) is 3.93. The Hall–Kier alpha value is -0.640. The third-order valence-electron chi connectivity index (χ3n) is 3.45.